The minimum Gasteiger partial charge on any atom is -0.481 e. The minimum absolute atomic E-state index is 0.0517. The van der Waals surface area contributed by atoms with Gasteiger partial charge in [0.25, 0.3) is 0 Å². The van der Waals surface area contributed by atoms with Crippen LogP contribution in [0, 0.1) is 5.92 Å². The summed E-state index contributed by atoms with van der Waals surface area (Å²) in [7, 11) is 0. The van der Waals surface area contributed by atoms with E-state index >= 15 is 0 Å². The number of carbonyl (C=O) groups is 2. The van der Waals surface area contributed by atoms with Crippen LogP contribution in [0.15, 0.2) is 0 Å². The molecule has 2 N–H and O–H groups in total. The number of nitrogens with one attached hydrogen (secondary N) is 1. The standard InChI is InChI=1S/C14H27NO3/c1-4-6-7-12(5-2)10-13(16)15-11(3)8-9-14(17)18/h11-12H,4-10H2,1-3H3,(H,15,16)(H,17,18). The van der Waals surface area contributed by atoms with Crippen LogP contribution in [0.25, 0.3) is 0 Å². The summed E-state index contributed by atoms with van der Waals surface area (Å²) in [6.45, 7) is 6.12. The van der Waals surface area contributed by atoms with Crippen molar-refractivity contribution in [3.05, 3.63) is 0 Å². The van der Waals surface area contributed by atoms with Gasteiger partial charge in [-0.25, -0.2) is 0 Å². The van der Waals surface area contributed by atoms with E-state index in [4.69, 9.17) is 5.11 Å². The Balaban J connectivity index is 3.88. The summed E-state index contributed by atoms with van der Waals surface area (Å²) < 4.78 is 0. The molecule has 0 saturated carbocycles. The molecule has 4 nitrogen and oxygen atoms in total. The summed E-state index contributed by atoms with van der Waals surface area (Å²) in [6, 6.07) is -0.0581. The van der Waals surface area contributed by atoms with E-state index < -0.39 is 5.97 Å². The van der Waals surface area contributed by atoms with Gasteiger partial charge in [-0.05, 0) is 25.7 Å². The normalized spacial score (nSPS) is 13.9. The molecule has 18 heavy (non-hydrogen) atoms. The predicted octanol–water partition coefficient (Wildman–Crippen LogP) is 2.96. The van der Waals surface area contributed by atoms with Gasteiger partial charge in [0.15, 0.2) is 0 Å². The average Bonchev–Trinajstić information content (AvgIpc) is 2.31. The van der Waals surface area contributed by atoms with E-state index in [1.807, 2.05) is 6.92 Å². The predicted molar refractivity (Wildman–Crippen MR) is 72.4 cm³/mol. The topological polar surface area (TPSA) is 66.4 Å². The SMILES string of the molecule is CCCCC(CC)CC(=O)NC(C)CCC(=O)O. The highest BCUT2D eigenvalue weighted by Gasteiger charge is 2.14. The van der Waals surface area contributed by atoms with E-state index in [-0.39, 0.29) is 18.4 Å². The molecule has 0 aliphatic rings. The molecule has 4 heteroatoms. The third kappa shape index (κ3) is 9.02. The molecule has 0 radical (unpaired) electrons. The highest BCUT2D eigenvalue weighted by Crippen LogP contribution is 2.16. The van der Waals surface area contributed by atoms with Gasteiger partial charge >= 0.3 is 5.97 Å². The van der Waals surface area contributed by atoms with Crippen molar-refractivity contribution in [2.24, 2.45) is 5.92 Å². The third-order valence-corrected chi connectivity index (χ3v) is 3.22. The van der Waals surface area contributed by atoms with Crippen molar-refractivity contribution in [2.75, 3.05) is 0 Å². The summed E-state index contributed by atoms with van der Waals surface area (Å²) in [6.07, 6.45) is 5.61. The Morgan fingerprint density at radius 1 is 1.22 bits per heavy atom. The van der Waals surface area contributed by atoms with Crippen LogP contribution in [-0.4, -0.2) is 23.0 Å². The molecular weight excluding hydrogens is 230 g/mol. The Bertz CT molecular complexity index is 253. The molecule has 0 fully saturated rings. The van der Waals surface area contributed by atoms with Crippen LogP contribution in [0.4, 0.5) is 0 Å². The summed E-state index contributed by atoms with van der Waals surface area (Å²) in [5, 5.41) is 11.4. The van der Waals surface area contributed by atoms with Crippen LogP contribution in [0.2, 0.25) is 0 Å². The molecule has 0 rings (SSSR count). The van der Waals surface area contributed by atoms with Crippen LogP contribution < -0.4 is 5.32 Å². The van der Waals surface area contributed by atoms with Crippen molar-refractivity contribution >= 4 is 11.9 Å². The number of hydrogen-bond donors (Lipinski definition) is 2. The van der Waals surface area contributed by atoms with Gasteiger partial charge in [-0.15, -0.1) is 0 Å². The summed E-state index contributed by atoms with van der Waals surface area (Å²) in [5.74, 6) is -0.307. The smallest absolute Gasteiger partial charge is 0.303 e. The lowest BCUT2D eigenvalue weighted by Gasteiger charge is -2.17. The molecular formula is C14H27NO3. The van der Waals surface area contributed by atoms with Crippen molar-refractivity contribution in [3.8, 4) is 0 Å². The molecule has 0 spiro atoms. The van der Waals surface area contributed by atoms with E-state index in [2.05, 4.69) is 19.2 Å². The maximum Gasteiger partial charge on any atom is 0.303 e. The number of amides is 1. The number of carboxylic acid groups (broad SMARTS) is 1. The van der Waals surface area contributed by atoms with Gasteiger partial charge in [-0.1, -0.05) is 33.1 Å². The molecule has 1 amide bonds. The van der Waals surface area contributed by atoms with Crippen molar-refractivity contribution in [3.63, 3.8) is 0 Å². The second-order valence-electron chi connectivity index (χ2n) is 5.02. The molecule has 106 valence electrons. The van der Waals surface area contributed by atoms with Crippen molar-refractivity contribution in [1.82, 2.24) is 5.32 Å². The van der Waals surface area contributed by atoms with Gasteiger partial charge in [0.1, 0.15) is 0 Å². The maximum absolute atomic E-state index is 11.8. The average molecular weight is 257 g/mol. The lowest BCUT2D eigenvalue weighted by molar-refractivity contribution is -0.137. The van der Waals surface area contributed by atoms with Crippen molar-refractivity contribution in [1.29, 1.82) is 0 Å². The molecule has 0 aliphatic heterocycles. The van der Waals surface area contributed by atoms with Crippen LogP contribution in [0.5, 0.6) is 0 Å². The van der Waals surface area contributed by atoms with Crippen molar-refractivity contribution in [2.45, 2.75) is 71.8 Å². The fraction of sp³-hybridized carbons (Fsp3) is 0.857. The summed E-state index contributed by atoms with van der Waals surface area (Å²) in [5.41, 5.74) is 0. The molecule has 0 aromatic rings. The highest BCUT2D eigenvalue weighted by atomic mass is 16.4. The molecule has 0 aliphatic carbocycles. The van der Waals surface area contributed by atoms with Crippen LogP contribution in [0.1, 0.15) is 65.7 Å². The number of unbranched alkanes of at least 4 members (excludes halogenated alkanes) is 1. The molecule has 0 heterocycles. The molecule has 2 atom stereocenters. The van der Waals surface area contributed by atoms with Gasteiger partial charge in [0.05, 0.1) is 0 Å². The molecule has 0 bridgehead atoms. The summed E-state index contributed by atoms with van der Waals surface area (Å²) in [4.78, 5) is 22.2. The Hall–Kier alpha value is -1.06. The molecule has 2 unspecified atom stereocenters. The Labute approximate surface area is 110 Å². The van der Waals surface area contributed by atoms with Crippen LogP contribution in [-0.2, 0) is 9.59 Å². The number of rotatable bonds is 10. The molecule has 0 aromatic carbocycles. The first-order chi connectivity index (χ1) is 8.49. The number of aliphatic carboxylic acids is 1. The van der Waals surface area contributed by atoms with Crippen LogP contribution >= 0.6 is 0 Å². The highest BCUT2D eigenvalue weighted by molar-refractivity contribution is 5.76. The number of carboxylic acids is 1. The first-order valence-electron chi connectivity index (χ1n) is 7.00. The Kier molecular flexibility index (Phi) is 9.33. The zero-order valence-electron chi connectivity index (χ0n) is 11.9. The molecule has 0 aromatic heterocycles. The molecule has 0 saturated heterocycles. The monoisotopic (exact) mass is 257 g/mol. The number of hydrogen-bond acceptors (Lipinski definition) is 2. The van der Waals surface area contributed by atoms with E-state index in [9.17, 15) is 9.59 Å². The summed E-state index contributed by atoms with van der Waals surface area (Å²) >= 11 is 0. The zero-order valence-corrected chi connectivity index (χ0v) is 11.9. The quantitative estimate of drug-likeness (QED) is 0.632. The second kappa shape index (κ2) is 9.92. The first-order valence-corrected chi connectivity index (χ1v) is 7.00. The fourth-order valence-corrected chi connectivity index (χ4v) is 1.95. The minimum atomic E-state index is -0.814. The van der Waals surface area contributed by atoms with Crippen molar-refractivity contribution < 1.29 is 14.7 Å². The Morgan fingerprint density at radius 3 is 2.39 bits per heavy atom. The lowest BCUT2D eigenvalue weighted by Crippen LogP contribution is -2.34. The van der Waals surface area contributed by atoms with Gasteiger partial charge in [0, 0.05) is 18.9 Å². The second-order valence-corrected chi connectivity index (χ2v) is 5.02. The van der Waals surface area contributed by atoms with E-state index in [1.54, 1.807) is 0 Å². The van der Waals surface area contributed by atoms with Gasteiger partial charge in [0.2, 0.25) is 5.91 Å². The van der Waals surface area contributed by atoms with Crippen LogP contribution in [0.3, 0.4) is 0 Å². The van der Waals surface area contributed by atoms with Gasteiger partial charge in [-0.2, -0.15) is 0 Å². The largest absolute Gasteiger partial charge is 0.481 e. The lowest BCUT2D eigenvalue weighted by atomic mass is 9.95. The fourth-order valence-electron chi connectivity index (χ4n) is 1.95. The third-order valence-electron chi connectivity index (χ3n) is 3.22. The van der Waals surface area contributed by atoms with E-state index in [0.29, 0.717) is 18.8 Å². The Morgan fingerprint density at radius 2 is 1.89 bits per heavy atom. The zero-order chi connectivity index (χ0) is 14.0. The van der Waals surface area contributed by atoms with Gasteiger partial charge in [-0.3, -0.25) is 9.59 Å². The number of carbonyl (C=O) groups excluding carboxylic acids is 1. The van der Waals surface area contributed by atoms with Gasteiger partial charge < -0.3 is 10.4 Å². The maximum atomic E-state index is 11.8. The first kappa shape index (κ1) is 16.9. The van der Waals surface area contributed by atoms with E-state index in [0.717, 1.165) is 19.3 Å². The van der Waals surface area contributed by atoms with E-state index in [1.165, 1.54) is 6.42 Å².